The second-order valence-corrected chi connectivity index (χ2v) is 2.51. The second kappa shape index (κ2) is 3.69. The van der Waals surface area contributed by atoms with Crippen molar-refractivity contribution in [3.8, 4) is 0 Å². The van der Waals surface area contributed by atoms with Crippen molar-refractivity contribution in [3.05, 3.63) is 34.9 Å². The molecular formula is C9H11N3. The van der Waals surface area contributed by atoms with Crippen LogP contribution in [0.5, 0.6) is 0 Å². The first-order valence-corrected chi connectivity index (χ1v) is 3.84. The van der Waals surface area contributed by atoms with Gasteiger partial charge in [-0.15, -0.1) is 0 Å². The summed E-state index contributed by atoms with van der Waals surface area (Å²) in [7, 11) is 0. The predicted octanol–water partition coefficient (Wildman–Crippen LogP) is 1.48. The molecule has 0 aliphatic heterocycles. The Bertz CT molecular complexity index is 325. The standard InChI is InChI=1S/C9H11N3/c1-2-8-7(6-12-11)4-3-5-9(8)10/h3-6H,2,10H2,1H3. The number of nitrogens with zero attached hydrogens (tertiary/aromatic N) is 2. The van der Waals surface area contributed by atoms with Crippen LogP contribution in [0.2, 0.25) is 0 Å². The molecule has 12 heavy (non-hydrogen) atoms. The molecule has 0 unspecified atom stereocenters. The maximum Gasteiger partial charge on any atom is 0.288 e. The molecule has 0 aromatic heterocycles. The van der Waals surface area contributed by atoms with Gasteiger partial charge in [-0.2, -0.15) is 4.79 Å². The fraction of sp³-hybridized carbons (Fsp3) is 0.222. The molecule has 3 heteroatoms. The topological polar surface area (TPSA) is 62.4 Å². The lowest BCUT2D eigenvalue weighted by Gasteiger charge is -2.02. The molecule has 2 N–H and O–H groups in total. The fourth-order valence-corrected chi connectivity index (χ4v) is 1.21. The van der Waals surface area contributed by atoms with Crippen LogP contribution < -0.4 is 5.73 Å². The highest BCUT2D eigenvalue weighted by Gasteiger charge is 2.03. The molecular weight excluding hydrogens is 150 g/mol. The van der Waals surface area contributed by atoms with Crippen molar-refractivity contribution in [2.75, 3.05) is 5.73 Å². The largest absolute Gasteiger partial charge is 0.398 e. The third kappa shape index (κ3) is 1.52. The van der Waals surface area contributed by atoms with Crippen LogP contribution in [0.4, 0.5) is 5.69 Å². The Balaban J connectivity index is 3.26. The number of benzene rings is 1. The summed E-state index contributed by atoms with van der Waals surface area (Å²) in [5.74, 6) is 0. The Labute approximate surface area is 71.4 Å². The minimum atomic E-state index is 0.745. The van der Waals surface area contributed by atoms with Crippen LogP contribution in [-0.4, -0.2) is 11.0 Å². The first-order valence-electron chi connectivity index (χ1n) is 3.84. The van der Waals surface area contributed by atoms with Crippen LogP contribution in [0.1, 0.15) is 18.1 Å². The van der Waals surface area contributed by atoms with E-state index in [1.165, 1.54) is 6.21 Å². The predicted molar refractivity (Wildman–Crippen MR) is 49.0 cm³/mol. The molecule has 0 aliphatic carbocycles. The van der Waals surface area contributed by atoms with Crippen molar-refractivity contribution in [2.45, 2.75) is 13.3 Å². The Morgan fingerprint density at radius 3 is 2.92 bits per heavy atom. The highest BCUT2D eigenvalue weighted by molar-refractivity contribution is 5.80. The molecule has 1 aromatic carbocycles. The summed E-state index contributed by atoms with van der Waals surface area (Å²) in [6.45, 7) is 2.01. The summed E-state index contributed by atoms with van der Waals surface area (Å²) in [4.78, 5) is 2.98. The molecule has 62 valence electrons. The van der Waals surface area contributed by atoms with E-state index >= 15 is 0 Å². The molecule has 0 fully saturated rings. The number of nitrogen functional groups attached to an aromatic ring is 1. The summed E-state index contributed by atoms with van der Waals surface area (Å²) in [5.41, 5.74) is 16.7. The minimum Gasteiger partial charge on any atom is -0.398 e. The summed E-state index contributed by atoms with van der Waals surface area (Å²) in [6.07, 6.45) is 2.24. The highest BCUT2D eigenvalue weighted by atomic mass is 14.8. The summed E-state index contributed by atoms with van der Waals surface area (Å²) < 4.78 is 0. The second-order valence-electron chi connectivity index (χ2n) is 2.51. The van der Waals surface area contributed by atoms with E-state index in [0.29, 0.717) is 0 Å². The molecule has 1 aromatic rings. The van der Waals surface area contributed by atoms with E-state index in [-0.39, 0.29) is 0 Å². The van der Waals surface area contributed by atoms with Crippen molar-refractivity contribution in [1.29, 1.82) is 0 Å². The number of hydrogen-bond acceptors (Lipinski definition) is 1. The van der Waals surface area contributed by atoms with E-state index in [4.69, 9.17) is 11.3 Å². The average Bonchev–Trinajstić information content (AvgIpc) is 2.05. The Morgan fingerprint density at radius 2 is 2.33 bits per heavy atom. The van der Waals surface area contributed by atoms with Crippen LogP contribution in [0.3, 0.4) is 0 Å². The van der Waals surface area contributed by atoms with Crippen LogP contribution in [0, 0.1) is 0 Å². The van der Waals surface area contributed by atoms with Gasteiger partial charge < -0.3 is 11.3 Å². The lowest BCUT2D eigenvalue weighted by molar-refractivity contribution is 0.00451. The molecule has 0 saturated carbocycles. The smallest absolute Gasteiger partial charge is 0.288 e. The zero-order valence-electron chi connectivity index (χ0n) is 6.99. The molecule has 0 radical (unpaired) electrons. The van der Waals surface area contributed by atoms with E-state index < -0.39 is 0 Å². The van der Waals surface area contributed by atoms with E-state index in [9.17, 15) is 0 Å². The van der Waals surface area contributed by atoms with E-state index in [1.54, 1.807) is 0 Å². The van der Waals surface area contributed by atoms with Gasteiger partial charge in [0.15, 0.2) is 0 Å². The normalized spacial score (nSPS) is 9.08. The van der Waals surface area contributed by atoms with Gasteiger partial charge in [-0.1, -0.05) is 13.0 Å². The molecule has 0 aliphatic rings. The maximum absolute atomic E-state index is 8.36. The van der Waals surface area contributed by atoms with Gasteiger partial charge in [0, 0.05) is 5.69 Å². The zero-order valence-corrected chi connectivity index (χ0v) is 6.99. The molecule has 3 nitrogen and oxygen atoms in total. The van der Waals surface area contributed by atoms with Gasteiger partial charge in [-0.3, -0.25) is 0 Å². The van der Waals surface area contributed by atoms with Crippen LogP contribution in [0.15, 0.2) is 18.2 Å². The van der Waals surface area contributed by atoms with Crippen molar-refractivity contribution in [3.63, 3.8) is 0 Å². The highest BCUT2D eigenvalue weighted by Crippen LogP contribution is 2.15. The number of rotatable bonds is 2. The Hall–Kier alpha value is -1.60. The van der Waals surface area contributed by atoms with Gasteiger partial charge in [0.1, 0.15) is 0 Å². The number of anilines is 1. The van der Waals surface area contributed by atoms with Crippen molar-refractivity contribution < 1.29 is 4.79 Å². The van der Waals surface area contributed by atoms with E-state index in [2.05, 4.69) is 4.79 Å². The lowest BCUT2D eigenvalue weighted by atomic mass is 10.0. The monoisotopic (exact) mass is 161 g/mol. The van der Waals surface area contributed by atoms with Gasteiger partial charge in [0.2, 0.25) is 0 Å². The van der Waals surface area contributed by atoms with Crippen LogP contribution >= 0.6 is 0 Å². The van der Waals surface area contributed by atoms with Crippen molar-refractivity contribution in [2.24, 2.45) is 0 Å². The van der Waals surface area contributed by atoms with Gasteiger partial charge in [-0.05, 0) is 24.1 Å². The molecule has 0 heterocycles. The average molecular weight is 161 g/mol. The zero-order chi connectivity index (χ0) is 8.97. The van der Waals surface area contributed by atoms with Gasteiger partial charge in [-0.25, -0.2) is 0 Å². The Kier molecular flexibility index (Phi) is 2.62. The fourth-order valence-electron chi connectivity index (χ4n) is 1.21. The van der Waals surface area contributed by atoms with Crippen LogP contribution in [0.25, 0.3) is 5.53 Å². The SMILES string of the molecule is CCc1c(N)cccc1C=[N+]=[N-]. The minimum absolute atomic E-state index is 0.745. The first-order chi connectivity index (χ1) is 5.79. The Morgan fingerprint density at radius 1 is 1.58 bits per heavy atom. The van der Waals surface area contributed by atoms with Gasteiger partial charge in [0.25, 0.3) is 6.21 Å². The molecule has 0 spiro atoms. The molecule has 0 saturated heterocycles. The number of nitrogens with two attached hydrogens (primary N) is 1. The first kappa shape index (κ1) is 8.50. The summed E-state index contributed by atoms with van der Waals surface area (Å²) in [5, 5.41) is 0. The quantitative estimate of drug-likeness (QED) is 0.303. The number of hydrogen-bond donors (Lipinski definition) is 1. The summed E-state index contributed by atoms with van der Waals surface area (Å²) >= 11 is 0. The maximum atomic E-state index is 8.36. The van der Waals surface area contributed by atoms with Gasteiger partial charge >= 0.3 is 0 Å². The third-order valence-electron chi connectivity index (χ3n) is 1.80. The van der Waals surface area contributed by atoms with E-state index in [1.807, 2.05) is 25.1 Å². The summed E-state index contributed by atoms with van der Waals surface area (Å²) in [6, 6.07) is 5.55. The lowest BCUT2D eigenvalue weighted by Crippen LogP contribution is -1.98. The van der Waals surface area contributed by atoms with Gasteiger partial charge in [0.05, 0.1) is 5.56 Å². The van der Waals surface area contributed by atoms with Crippen molar-refractivity contribution in [1.82, 2.24) is 0 Å². The molecule has 0 atom stereocenters. The molecule has 0 amide bonds. The van der Waals surface area contributed by atoms with Crippen molar-refractivity contribution >= 4 is 11.9 Å². The molecule has 1 rings (SSSR count). The van der Waals surface area contributed by atoms with E-state index in [0.717, 1.165) is 23.2 Å². The molecule has 0 bridgehead atoms. The van der Waals surface area contributed by atoms with Crippen LogP contribution in [-0.2, 0) is 6.42 Å². The third-order valence-corrected chi connectivity index (χ3v) is 1.80.